The highest BCUT2D eigenvalue weighted by molar-refractivity contribution is 7.89. The van der Waals surface area contributed by atoms with Gasteiger partial charge in [0.2, 0.25) is 10.0 Å². The molecule has 1 N–H and O–H groups in total. The van der Waals surface area contributed by atoms with E-state index in [1.165, 1.54) is 12.1 Å². The van der Waals surface area contributed by atoms with Crippen molar-refractivity contribution < 1.29 is 17.3 Å². The molecule has 0 saturated heterocycles. The molecule has 1 aliphatic carbocycles. The lowest BCUT2D eigenvalue weighted by Crippen LogP contribution is -2.33. The zero-order valence-electron chi connectivity index (χ0n) is 13.8. The van der Waals surface area contributed by atoms with Gasteiger partial charge in [0.05, 0.1) is 0 Å². The smallest absolute Gasteiger partial charge is 0.246 e. The SMILES string of the molecule is Cc1noc(C)c1S(=O)(=O)N[C@@H](c1ccc(F)cc1)C1CCCC1. The van der Waals surface area contributed by atoms with Crippen LogP contribution in [0.15, 0.2) is 33.7 Å². The number of benzene rings is 1. The number of nitrogens with zero attached hydrogens (tertiary/aromatic N) is 1. The van der Waals surface area contributed by atoms with E-state index in [0.717, 1.165) is 31.2 Å². The molecule has 0 bridgehead atoms. The van der Waals surface area contributed by atoms with Crippen LogP contribution in [0.25, 0.3) is 0 Å². The maximum atomic E-state index is 13.2. The van der Waals surface area contributed by atoms with Crippen molar-refractivity contribution >= 4 is 10.0 Å². The predicted molar refractivity (Wildman–Crippen MR) is 87.4 cm³/mol. The lowest BCUT2D eigenvalue weighted by atomic mass is 9.92. The van der Waals surface area contributed by atoms with Gasteiger partial charge in [0.1, 0.15) is 16.4 Å². The lowest BCUT2D eigenvalue weighted by molar-refractivity contribution is 0.389. The fourth-order valence-corrected chi connectivity index (χ4v) is 5.10. The summed E-state index contributed by atoms with van der Waals surface area (Å²) < 4.78 is 46.7. The summed E-state index contributed by atoms with van der Waals surface area (Å²) in [6.45, 7) is 3.19. The summed E-state index contributed by atoms with van der Waals surface area (Å²) >= 11 is 0. The Morgan fingerprint density at radius 3 is 2.38 bits per heavy atom. The number of aryl methyl sites for hydroxylation is 2. The Morgan fingerprint density at radius 1 is 1.21 bits per heavy atom. The maximum Gasteiger partial charge on any atom is 0.246 e. The van der Waals surface area contributed by atoms with E-state index in [2.05, 4.69) is 9.88 Å². The van der Waals surface area contributed by atoms with Crippen LogP contribution in [-0.2, 0) is 10.0 Å². The van der Waals surface area contributed by atoms with Crippen molar-refractivity contribution in [2.75, 3.05) is 0 Å². The zero-order valence-corrected chi connectivity index (χ0v) is 14.6. The van der Waals surface area contributed by atoms with Crippen molar-refractivity contribution in [1.29, 1.82) is 0 Å². The van der Waals surface area contributed by atoms with Crippen LogP contribution in [0.5, 0.6) is 0 Å². The van der Waals surface area contributed by atoms with Gasteiger partial charge in [-0.25, -0.2) is 17.5 Å². The minimum atomic E-state index is -3.77. The van der Waals surface area contributed by atoms with Crippen molar-refractivity contribution in [3.63, 3.8) is 0 Å². The Balaban J connectivity index is 1.96. The summed E-state index contributed by atoms with van der Waals surface area (Å²) in [5, 5.41) is 3.73. The molecule has 1 aromatic carbocycles. The van der Waals surface area contributed by atoms with E-state index in [9.17, 15) is 12.8 Å². The average molecular weight is 352 g/mol. The van der Waals surface area contributed by atoms with Crippen molar-refractivity contribution in [1.82, 2.24) is 9.88 Å². The van der Waals surface area contributed by atoms with Gasteiger partial charge >= 0.3 is 0 Å². The number of aromatic nitrogens is 1. The van der Waals surface area contributed by atoms with Crippen LogP contribution in [0, 0.1) is 25.6 Å². The van der Waals surface area contributed by atoms with E-state index >= 15 is 0 Å². The highest BCUT2D eigenvalue weighted by Crippen LogP contribution is 2.37. The first-order chi connectivity index (χ1) is 11.4. The second-order valence-electron chi connectivity index (χ2n) is 6.35. The Morgan fingerprint density at radius 2 is 1.83 bits per heavy atom. The van der Waals surface area contributed by atoms with Crippen LogP contribution >= 0.6 is 0 Å². The second-order valence-corrected chi connectivity index (χ2v) is 8.00. The number of hydrogen-bond acceptors (Lipinski definition) is 4. The number of hydrogen-bond donors (Lipinski definition) is 1. The molecule has 0 aliphatic heterocycles. The molecular formula is C17H21FN2O3S. The highest BCUT2D eigenvalue weighted by atomic mass is 32.2. The monoisotopic (exact) mass is 352 g/mol. The lowest BCUT2D eigenvalue weighted by Gasteiger charge is -2.25. The van der Waals surface area contributed by atoms with Gasteiger partial charge < -0.3 is 4.52 Å². The van der Waals surface area contributed by atoms with Gasteiger partial charge in [0.25, 0.3) is 0 Å². The summed E-state index contributed by atoms with van der Waals surface area (Å²) in [5.74, 6) is 0.132. The minimum absolute atomic E-state index is 0.0904. The molecule has 130 valence electrons. The van der Waals surface area contributed by atoms with Crippen molar-refractivity contribution in [2.45, 2.75) is 50.5 Å². The molecule has 2 aromatic rings. The van der Waals surface area contributed by atoms with Crippen molar-refractivity contribution in [3.8, 4) is 0 Å². The molecular weight excluding hydrogens is 331 g/mol. The normalized spacial score (nSPS) is 17.3. The molecule has 1 aromatic heterocycles. The molecule has 0 radical (unpaired) electrons. The molecule has 1 aliphatic rings. The van der Waals surface area contributed by atoms with Crippen molar-refractivity contribution in [2.24, 2.45) is 5.92 Å². The summed E-state index contributed by atoms with van der Waals surface area (Å²) in [4.78, 5) is 0.0904. The van der Waals surface area contributed by atoms with E-state index in [1.54, 1.807) is 26.0 Å². The van der Waals surface area contributed by atoms with Crippen LogP contribution in [-0.4, -0.2) is 13.6 Å². The molecule has 1 atom stereocenters. The van der Waals surface area contributed by atoms with Crippen molar-refractivity contribution in [3.05, 3.63) is 47.1 Å². The minimum Gasteiger partial charge on any atom is -0.360 e. The quantitative estimate of drug-likeness (QED) is 0.892. The summed E-state index contributed by atoms with van der Waals surface area (Å²) in [7, 11) is -3.77. The highest BCUT2D eigenvalue weighted by Gasteiger charge is 2.33. The third-order valence-electron chi connectivity index (χ3n) is 4.62. The van der Waals surface area contributed by atoms with E-state index in [4.69, 9.17) is 4.52 Å². The van der Waals surface area contributed by atoms with Crippen LogP contribution in [0.3, 0.4) is 0 Å². The van der Waals surface area contributed by atoms with Gasteiger partial charge in [0, 0.05) is 6.04 Å². The van der Waals surface area contributed by atoms with Gasteiger partial charge in [-0.3, -0.25) is 0 Å². The second kappa shape index (κ2) is 6.64. The fourth-order valence-electron chi connectivity index (χ4n) is 3.48. The largest absolute Gasteiger partial charge is 0.360 e. The van der Waals surface area contributed by atoms with Gasteiger partial charge in [0.15, 0.2) is 5.76 Å². The zero-order chi connectivity index (χ0) is 17.3. The molecule has 0 amide bonds. The third-order valence-corrected chi connectivity index (χ3v) is 6.30. The molecule has 1 heterocycles. The topological polar surface area (TPSA) is 72.2 Å². The van der Waals surface area contributed by atoms with E-state index in [0.29, 0.717) is 5.69 Å². The molecule has 0 spiro atoms. The number of rotatable bonds is 5. The number of nitrogens with one attached hydrogen (secondary N) is 1. The molecule has 5 nitrogen and oxygen atoms in total. The van der Waals surface area contributed by atoms with E-state index in [1.807, 2.05) is 0 Å². The van der Waals surface area contributed by atoms with Gasteiger partial charge in [-0.05, 0) is 50.3 Å². The molecule has 1 saturated carbocycles. The summed E-state index contributed by atoms with van der Waals surface area (Å²) in [5.41, 5.74) is 1.11. The maximum absolute atomic E-state index is 13.2. The Kier molecular flexibility index (Phi) is 4.73. The van der Waals surface area contributed by atoms with E-state index < -0.39 is 10.0 Å². The van der Waals surface area contributed by atoms with Gasteiger partial charge in [-0.2, -0.15) is 0 Å². The Bertz CT molecular complexity index is 789. The number of halogens is 1. The first kappa shape index (κ1) is 17.1. The first-order valence-corrected chi connectivity index (χ1v) is 9.57. The standard InChI is InChI=1S/C17H21FN2O3S/c1-11-17(12(2)23-19-11)24(21,22)20-16(13-5-3-4-6-13)14-7-9-15(18)10-8-14/h7-10,13,16,20H,3-6H2,1-2H3/t16-/m1/s1. The average Bonchev–Trinajstić information content (AvgIpc) is 3.16. The van der Waals surface area contributed by atoms with Crippen LogP contribution in [0.1, 0.15) is 48.7 Å². The van der Waals surface area contributed by atoms with Gasteiger partial charge in [-0.15, -0.1) is 0 Å². The van der Waals surface area contributed by atoms with Gasteiger partial charge in [-0.1, -0.05) is 30.1 Å². The summed E-state index contributed by atoms with van der Waals surface area (Å²) in [6.07, 6.45) is 4.06. The molecule has 24 heavy (non-hydrogen) atoms. The third kappa shape index (κ3) is 3.37. The summed E-state index contributed by atoms with van der Waals surface area (Å²) in [6, 6.07) is 5.64. The van der Waals surface area contributed by atoms with Crippen LogP contribution in [0.2, 0.25) is 0 Å². The molecule has 3 rings (SSSR count). The number of sulfonamides is 1. The molecule has 0 unspecified atom stereocenters. The molecule has 7 heteroatoms. The fraction of sp³-hybridized carbons (Fsp3) is 0.471. The Hall–Kier alpha value is -1.73. The Labute approximate surface area is 141 Å². The predicted octanol–water partition coefficient (Wildman–Crippen LogP) is 3.64. The van der Waals surface area contributed by atoms with Crippen LogP contribution < -0.4 is 4.72 Å². The van der Waals surface area contributed by atoms with E-state index in [-0.39, 0.29) is 28.4 Å². The van der Waals surface area contributed by atoms with Crippen LogP contribution in [0.4, 0.5) is 4.39 Å². The first-order valence-electron chi connectivity index (χ1n) is 8.09. The molecule has 1 fully saturated rings.